The van der Waals surface area contributed by atoms with E-state index in [9.17, 15) is 12.8 Å². The lowest BCUT2D eigenvalue weighted by atomic mass is 9.86. The van der Waals surface area contributed by atoms with Crippen LogP contribution in [0.2, 0.25) is 0 Å². The minimum Gasteiger partial charge on any atom is -0.472 e. The molecule has 2 aliphatic heterocycles. The molecule has 1 aromatic heterocycles. The summed E-state index contributed by atoms with van der Waals surface area (Å²) in [6, 6.07) is 2.80. The monoisotopic (exact) mass is 316 g/mol. The van der Waals surface area contributed by atoms with Gasteiger partial charge in [0.25, 0.3) is 5.88 Å². The Kier molecular flexibility index (Phi) is 3.62. The maximum Gasteiger partial charge on any atom is 0.250 e. The van der Waals surface area contributed by atoms with Crippen LogP contribution >= 0.6 is 0 Å². The Labute approximate surface area is 122 Å². The van der Waals surface area contributed by atoms with Gasteiger partial charge in [-0.1, -0.05) is 0 Å². The van der Waals surface area contributed by atoms with E-state index in [-0.39, 0.29) is 12.0 Å². The van der Waals surface area contributed by atoms with E-state index in [0.29, 0.717) is 32.5 Å². The largest absolute Gasteiger partial charge is 0.472 e. The van der Waals surface area contributed by atoms with Crippen LogP contribution in [0.4, 0.5) is 4.39 Å². The van der Waals surface area contributed by atoms with Crippen molar-refractivity contribution in [1.82, 2.24) is 9.29 Å². The fraction of sp³-hybridized carbons (Fsp3) is 0.615. The third-order valence-corrected chi connectivity index (χ3v) is 5.05. The molecule has 21 heavy (non-hydrogen) atoms. The third-order valence-electron chi connectivity index (χ3n) is 3.85. The van der Waals surface area contributed by atoms with Gasteiger partial charge in [-0.25, -0.2) is 17.8 Å². The van der Waals surface area contributed by atoms with Crippen LogP contribution in [0.15, 0.2) is 18.3 Å². The van der Waals surface area contributed by atoms with E-state index >= 15 is 0 Å². The van der Waals surface area contributed by atoms with E-state index in [4.69, 9.17) is 9.47 Å². The van der Waals surface area contributed by atoms with Crippen molar-refractivity contribution < 1.29 is 22.3 Å². The third kappa shape index (κ3) is 3.02. The van der Waals surface area contributed by atoms with Gasteiger partial charge in [-0.3, -0.25) is 0 Å². The van der Waals surface area contributed by atoms with Gasteiger partial charge in [0.15, 0.2) is 5.82 Å². The van der Waals surface area contributed by atoms with Crippen molar-refractivity contribution in [2.75, 3.05) is 26.0 Å². The number of ether oxygens (including phenoxy) is 2. The van der Waals surface area contributed by atoms with Crippen molar-refractivity contribution in [3.63, 3.8) is 0 Å². The molecule has 6 nitrogen and oxygen atoms in total. The number of hydrogen-bond donors (Lipinski definition) is 0. The smallest absolute Gasteiger partial charge is 0.250 e. The Morgan fingerprint density at radius 3 is 2.95 bits per heavy atom. The molecule has 0 N–H and O–H groups in total. The second-order valence-electron chi connectivity index (χ2n) is 5.59. The topological polar surface area (TPSA) is 68.7 Å². The number of nitrogens with zero attached hydrogens (tertiary/aromatic N) is 2. The van der Waals surface area contributed by atoms with Gasteiger partial charge in [0.05, 0.1) is 18.5 Å². The van der Waals surface area contributed by atoms with Crippen molar-refractivity contribution in [1.29, 1.82) is 0 Å². The van der Waals surface area contributed by atoms with E-state index in [2.05, 4.69) is 4.98 Å². The highest BCUT2D eigenvalue weighted by atomic mass is 32.2. The van der Waals surface area contributed by atoms with Crippen LogP contribution in [0.5, 0.6) is 5.88 Å². The van der Waals surface area contributed by atoms with E-state index in [1.165, 1.54) is 28.9 Å². The van der Waals surface area contributed by atoms with Crippen LogP contribution in [-0.2, 0) is 14.8 Å². The molecule has 1 unspecified atom stereocenters. The maximum atomic E-state index is 13.5. The van der Waals surface area contributed by atoms with Crippen molar-refractivity contribution in [3.05, 3.63) is 24.1 Å². The molecule has 3 rings (SSSR count). The Bertz CT molecular complexity index is 631. The van der Waals surface area contributed by atoms with Crippen LogP contribution in [0.1, 0.15) is 12.8 Å². The Balaban J connectivity index is 1.64. The molecule has 0 aromatic carbocycles. The fourth-order valence-corrected chi connectivity index (χ4v) is 3.69. The molecule has 1 spiro atoms. The molecule has 116 valence electrons. The van der Waals surface area contributed by atoms with E-state index in [1.54, 1.807) is 0 Å². The standard InChI is InChI=1S/C13H17FN2O4S/c1-21(17,18)16-8-13(9-16)7-10(4-6-19-13)20-12-11(14)3-2-5-15-12/h2-3,5,10H,4,6-9H2,1H3. The molecule has 2 aliphatic rings. The molecule has 0 radical (unpaired) electrons. The predicted molar refractivity (Wildman–Crippen MR) is 72.9 cm³/mol. The zero-order valence-corrected chi connectivity index (χ0v) is 12.5. The van der Waals surface area contributed by atoms with Gasteiger partial charge >= 0.3 is 0 Å². The molecule has 1 aromatic rings. The van der Waals surface area contributed by atoms with Crippen LogP contribution in [0.25, 0.3) is 0 Å². The second kappa shape index (κ2) is 5.19. The zero-order chi connectivity index (χ0) is 15.1. The van der Waals surface area contributed by atoms with E-state index in [0.717, 1.165) is 0 Å². The maximum absolute atomic E-state index is 13.5. The minimum atomic E-state index is -3.18. The average Bonchev–Trinajstić information content (AvgIpc) is 2.38. The van der Waals surface area contributed by atoms with Gasteiger partial charge in [0.2, 0.25) is 10.0 Å². The Hall–Kier alpha value is -1.25. The summed E-state index contributed by atoms with van der Waals surface area (Å²) in [6.07, 6.45) is 3.61. The summed E-state index contributed by atoms with van der Waals surface area (Å²) in [4.78, 5) is 3.87. The molecule has 0 bridgehead atoms. The summed E-state index contributed by atoms with van der Waals surface area (Å²) in [7, 11) is -3.18. The molecule has 2 saturated heterocycles. The number of pyridine rings is 1. The number of rotatable bonds is 3. The lowest BCUT2D eigenvalue weighted by Crippen LogP contribution is -2.67. The highest BCUT2D eigenvalue weighted by molar-refractivity contribution is 7.88. The number of halogens is 1. The lowest BCUT2D eigenvalue weighted by Gasteiger charge is -2.51. The quantitative estimate of drug-likeness (QED) is 0.825. The van der Waals surface area contributed by atoms with Gasteiger partial charge in [-0.15, -0.1) is 0 Å². The molecule has 1 atom stereocenters. The molecule has 0 saturated carbocycles. The summed E-state index contributed by atoms with van der Waals surface area (Å²) in [5, 5.41) is 0. The fourth-order valence-electron chi connectivity index (χ4n) is 2.75. The molecule has 0 aliphatic carbocycles. The van der Waals surface area contributed by atoms with Gasteiger partial charge in [0, 0.05) is 32.1 Å². The minimum absolute atomic E-state index is 0.0150. The van der Waals surface area contributed by atoms with E-state index in [1.807, 2.05) is 0 Å². The first kappa shape index (κ1) is 14.7. The van der Waals surface area contributed by atoms with Gasteiger partial charge in [-0.05, 0) is 12.1 Å². The average molecular weight is 316 g/mol. The first-order chi connectivity index (χ1) is 9.88. The van der Waals surface area contributed by atoms with Crippen molar-refractivity contribution in [2.24, 2.45) is 0 Å². The number of aromatic nitrogens is 1. The van der Waals surface area contributed by atoms with Gasteiger partial charge in [-0.2, -0.15) is 4.31 Å². The van der Waals surface area contributed by atoms with Crippen LogP contribution in [-0.4, -0.2) is 55.4 Å². The zero-order valence-electron chi connectivity index (χ0n) is 11.7. The van der Waals surface area contributed by atoms with Gasteiger partial charge in [0.1, 0.15) is 6.10 Å². The van der Waals surface area contributed by atoms with Crippen molar-refractivity contribution in [2.45, 2.75) is 24.5 Å². The number of sulfonamides is 1. The summed E-state index contributed by atoms with van der Waals surface area (Å²) in [6.45, 7) is 1.13. The molecular weight excluding hydrogens is 299 g/mol. The van der Waals surface area contributed by atoms with Gasteiger partial charge < -0.3 is 9.47 Å². The van der Waals surface area contributed by atoms with Crippen LogP contribution in [0.3, 0.4) is 0 Å². The Morgan fingerprint density at radius 2 is 2.29 bits per heavy atom. The molecule has 2 fully saturated rings. The molecular formula is C13H17FN2O4S. The lowest BCUT2D eigenvalue weighted by molar-refractivity contribution is -0.165. The first-order valence-corrected chi connectivity index (χ1v) is 8.59. The number of hydrogen-bond acceptors (Lipinski definition) is 5. The summed E-state index contributed by atoms with van der Waals surface area (Å²) in [5.74, 6) is -0.511. The highest BCUT2D eigenvalue weighted by Gasteiger charge is 2.51. The van der Waals surface area contributed by atoms with E-state index < -0.39 is 21.4 Å². The van der Waals surface area contributed by atoms with Crippen molar-refractivity contribution >= 4 is 10.0 Å². The normalized spacial score (nSPS) is 25.5. The SMILES string of the molecule is CS(=O)(=O)N1CC2(CC(Oc3ncccc3F)CCO2)C1. The summed E-state index contributed by atoms with van der Waals surface area (Å²) in [5.41, 5.74) is -0.503. The molecule has 3 heterocycles. The molecule has 8 heteroatoms. The first-order valence-electron chi connectivity index (χ1n) is 6.74. The Morgan fingerprint density at radius 1 is 1.52 bits per heavy atom. The highest BCUT2D eigenvalue weighted by Crippen LogP contribution is 2.36. The summed E-state index contributed by atoms with van der Waals surface area (Å²) < 4.78 is 49.1. The van der Waals surface area contributed by atoms with Crippen molar-refractivity contribution in [3.8, 4) is 5.88 Å². The van der Waals surface area contributed by atoms with Crippen LogP contribution < -0.4 is 4.74 Å². The summed E-state index contributed by atoms with van der Waals surface area (Å²) >= 11 is 0. The predicted octanol–water partition coefficient (Wildman–Crippen LogP) is 0.792. The van der Waals surface area contributed by atoms with Crippen LogP contribution in [0, 0.1) is 5.82 Å². The second-order valence-corrected chi connectivity index (χ2v) is 7.57. The molecule has 0 amide bonds.